The molecule has 0 aromatic heterocycles. The Morgan fingerprint density at radius 3 is 2.35 bits per heavy atom. The van der Waals surface area contributed by atoms with E-state index in [1.807, 2.05) is 0 Å². The summed E-state index contributed by atoms with van der Waals surface area (Å²) in [6.07, 6.45) is 2.80. The van der Waals surface area contributed by atoms with Gasteiger partial charge in [0.2, 0.25) is 0 Å². The fourth-order valence-corrected chi connectivity index (χ4v) is 2.26. The van der Waals surface area contributed by atoms with E-state index in [0.29, 0.717) is 6.04 Å². The Balaban J connectivity index is 2.06. The Labute approximate surface area is 108 Å². The van der Waals surface area contributed by atoms with Crippen LogP contribution in [0.3, 0.4) is 0 Å². The summed E-state index contributed by atoms with van der Waals surface area (Å²) in [5.41, 5.74) is 0. The highest BCUT2D eigenvalue weighted by Gasteiger charge is 2.14. The standard InChI is InChI=1S/C14H31N3/c1-13(2)11-15-12-14(3)16(4)9-10-17-7-5-6-8-17/h13-15H,5-12H2,1-4H3. The van der Waals surface area contributed by atoms with Gasteiger partial charge in [0.05, 0.1) is 0 Å². The van der Waals surface area contributed by atoms with Crippen LogP contribution in [0.15, 0.2) is 0 Å². The van der Waals surface area contributed by atoms with Crippen LogP contribution in [0.2, 0.25) is 0 Å². The predicted octanol–water partition coefficient (Wildman–Crippen LogP) is 1.65. The van der Waals surface area contributed by atoms with Gasteiger partial charge in [0.25, 0.3) is 0 Å². The summed E-state index contributed by atoms with van der Waals surface area (Å²) >= 11 is 0. The highest BCUT2D eigenvalue weighted by Crippen LogP contribution is 2.07. The smallest absolute Gasteiger partial charge is 0.0189 e. The van der Waals surface area contributed by atoms with Crippen molar-refractivity contribution in [1.29, 1.82) is 0 Å². The Hall–Kier alpha value is -0.120. The third kappa shape index (κ3) is 6.39. The molecule has 1 fully saturated rings. The van der Waals surface area contributed by atoms with Gasteiger partial charge in [0, 0.05) is 25.7 Å². The molecule has 0 bridgehead atoms. The molecule has 1 saturated heterocycles. The van der Waals surface area contributed by atoms with E-state index in [9.17, 15) is 0 Å². The Kier molecular flexibility index (Phi) is 7.09. The summed E-state index contributed by atoms with van der Waals surface area (Å²) in [6, 6.07) is 0.636. The number of rotatable bonds is 8. The number of hydrogen-bond donors (Lipinski definition) is 1. The van der Waals surface area contributed by atoms with E-state index in [1.54, 1.807) is 0 Å². The van der Waals surface area contributed by atoms with Gasteiger partial charge in [-0.1, -0.05) is 13.8 Å². The number of hydrogen-bond acceptors (Lipinski definition) is 3. The average molecular weight is 241 g/mol. The molecule has 1 aliphatic heterocycles. The van der Waals surface area contributed by atoms with Crippen molar-refractivity contribution in [1.82, 2.24) is 15.1 Å². The van der Waals surface area contributed by atoms with Crippen LogP contribution in [0, 0.1) is 5.92 Å². The van der Waals surface area contributed by atoms with Crippen LogP contribution >= 0.6 is 0 Å². The van der Waals surface area contributed by atoms with Crippen molar-refractivity contribution >= 4 is 0 Å². The average Bonchev–Trinajstić information content (AvgIpc) is 2.78. The molecule has 0 spiro atoms. The minimum atomic E-state index is 0.636. The molecule has 3 nitrogen and oxygen atoms in total. The van der Waals surface area contributed by atoms with E-state index >= 15 is 0 Å². The van der Waals surface area contributed by atoms with E-state index in [0.717, 1.165) is 19.0 Å². The first-order valence-corrected chi connectivity index (χ1v) is 7.23. The zero-order valence-corrected chi connectivity index (χ0v) is 12.2. The number of likely N-dealkylation sites (tertiary alicyclic amines) is 1. The van der Waals surface area contributed by atoms with Gasteiger partial charge in [-0.3, -0.25) is 0 Å². The molecule has 0 amide bonds. The predicted molar refractivity (Wildman–Crippen MR) is 75.5 cm³/mol. The maximum Gasteiger partial charge on any atom is 0.0189 e. The van der Waals surface area contributed by atoms with Crippen molar-refractivity contribution in [3.8, 4) is 0 Å². The van der Waals surface area contributed by atoms with Crippen LogP contribution in [0.1, 0.15) is 33.6 Å². The third-order valence-electron chi connectivity index (χ3n) is 3.71. The van der Waals surface area contributed by atoms with Crippen molar-refractivity contribution < 1.29 is 0 Å². The van der Waals surface area contributed by atoms with Crippen LogP contribution in [-0.4, -0.2) is 62.2 Å². The van der Waals surface area contributed by atoms with Crippen LogP contribution < -0.4 is 5.32 Å². The van der Waals surface area contributed by atoms with E-state index in [2.05, 4.69) is 42.9 Å². The van der Waals surface area contributed by atoms with Crippen molar-refractivity contribution in [2.45, 2.75) is 39.7 Å². The second-order valence-electron chi connectivity index (χ2n) is 5.93. The number of nitrogens with one attached hydrogen (secondary N) is 1. The summed E-state index contributed by atoms with van der Waals surface area (Å²) in [7, 11) is 2.25. The molecular weight excluding hydrogens is 210 g/mol. The van der Waals surface area contributed by atoms with Crippen molar-refractivity contribution in [3.63, 3.8) is 0 Å². The first-order chi connectivity index (χ1) is 8.09. The molecule has 0 aromatic rings. The lowest BCUT2D eigenvalue weighted by Gasteiger charge is -2.27. The molecule has 1 heterocycles. The van der Waals surface area contributed by atoms with Crippen LogP contribution in [0.25, 0.3) is 0 Å². The maximum absolute atomic E-state index is 3.54. The van der Waals surface area contributed by atoms with Crippen molar-refractivity contribution in [2.24, 2.45) is 5.92 Å². The minimum absolute atomic E-state index is 0.636. The summed E-state index contributed by atoms with van der Waals surface area (Å²) in [4.78, 5) is 5.07. The summed E-state index contributed by atoms with van der Waals surface area (Å²) < 4.78 is 0. The monoisotopic (exact) mass is 241 g/mol. The molecule has 3 heteroatoms. The Bertz CT molecular complexity index is 188. The molecule has 102 valence electrons. The highest BCUT2D eigenvalue weighted by molar-refractivity contribution is 4.71. The Morgan fingerprint density at radius 1 is 1.12 bits per heavy atom. The molecule has 1 unspecified atom stereocenters. The lowest BCUT2D eigenvalue weighted by atomic mass is 10.2. The lowest BCUT2D eigenvalue weighted by molar-refractivity contribution is 0.210. The van der Waals surface area contributed by atoms with Gasteiger partial charge in [-0.25, -0.2) is 0 Å². The molecule has 1 atom stereocenters. The van der Waals surface area contributed by atoms with Gasteiger partial charge in [0.1, 0.15) is 0 Å². The third-order valence-corrected chi connectivity index (χ3v) is 3.71. The van der Waals surface area contributed by atoms with Gasteiger partial charge in [-0.15, -0.1) is 0 Å². The van der Waals surface area contributed by atoms with Gasteiger partial charge in [-0.2, -0.15) is 0 Å². The SMILES string of the molecule is CC(C)CNCC(C)N(C)CCN1CCCC1. The Morgan fingerprint density at radius 2 is 1.76 bits per heavy atom. The summed E-state index contributed by atoms with van der Waals surface area (Å²) in [5, 5.41) is 3.54. The lowest BCUT2D eigenvalue weighted by Crippen LogP contribution is -2.42. The van der Waals surface area contributed by atoms with E-state index < -0.39 is 0 Å². The molecule has 0 aromatic carbocycles. The zero-order valence-electron chi connectivity index (χ0n) is 12.2. The van der Waals surface area contributed by atoms with Crippen LogP contribution in [0.4, 0.5) is 0 Å². The van der Waals surface area contributed by atoms with Gasteiger partial charge < -0.3 is 15.1 Å². The first kappa shape index (κ1) is 14.9. The first-order valence-electron chi connectivity index (χ1n) is 7.23. The molecule has 17 heavy (non-hydrogen) atoms. The van der Waals surface area contributed by atoms with E-state index in [-0.39, 0.29) is 0 Å². The van der Waals surface area contributed by atoms with Crippen LogP contribution in [-0.2, 0) is 0 Å². The van der Waals surface area contributed by atoms with E-state index in [4.69, 9.17) is 0 Å². The minimum Gasteiger partial charge on any atom is -0.315 e. The van der Waals surface area contributed by atoms with Crippen molar-refractivity contribution in [3.05, 3.63) is 0 Å². The molecule has 0 aliphatic carbocycles. The molecule has 1 aliphatic rings. The maximum atomic E-state index is 3.54. The van der Waals surface area contributed by atoms with Crippen molar-refractivity contribution in [2.75, 3.05) is 46.3 Å². The molecule has 0 saturated carbocycles. The normalized spacial score (nSPS) is 19.4. The quantitative estimate of drug-likeness (QED) is 0.697. The summed E-state index contributed by atoms with van der Waals surface area (Å²) in [5.74, 6) is 0.747. The van der Waals surface area contributed by atoms with Gasteiger partial charge in [-0.05, 0) is 52.4 Å². The molecule has 1 rings (SSSR count). The largest absolute Gasteiger partial charge is 0.315 e. The number of nitrogens with zero attached hydrogens (tertiary/aromatic N) is 2. The topological polar surface area (TPSA) is 18.5 Å². The zero-order chi connectivity index (χ0) is 12.7. The second kappa shape index (κ2) is 8.06. The highest BCUT2D eigenvalue weighted by atomic mass is 15.2. The number of likely N-dealkylation sites (N-methyl/N-ethyl adjacent to an activating group) is 1. The fourth-order valence-electron chi connectivity index (χ4n) is 2.26. The molecule has 0 radical (unpaired) electrons. The molecular formula is C14H31N3. The summed E-state index contributed by atoms with van der Waals surface area (Å²) in [6.45, 7) is 14.1. The van der Waals surface area contributed by atoms with Crippen LogP contribution in [0.5, 0.6) is 0 Å². The second-order valence-corrected chi connectivity index (χ2v) is 5.93. The van der Waals surface area contributed by atoms with Gasteiger partial charge in [0.15, 0.2) is 0 Å². The fraction of sp³-hybridized carbons (Fsp3) is 1.00. The van der Waals surface area contributed by atoms with Gasteiger partial charge >= 0.3 is 0 Å². The molecule has 1 N–H and O–H groups in total. The van der Waals surface area contributed by atoms with E-state index in [1.165, 1.54) is 39.0 Å².